The SMILES string of the molecule is CCOc1ccc(NS(=O)(=O)c2cc(NC(=O)CCN)ccc2C)cc1. The van der Waals surface area contributed by atoms with Gasteiger partial charge in [0.15, 0.2) is 0 Å². The number of carbonyl (C=O) groups is 1. The van der Waals surface area contributed by atoms with E-state index in [4.69, 9.17) is 10.5 Å². The van der Waals surface area contributed by atoms with Gasteiger partial charge in [-0.3, -0.25) is 9.52 Å². The van der Waals surface area contributed by atoms with Gasteiger partial charge in [0.2, 0.25) is 5.91 Å². The van der Waals surface area contributed by atoms with Crippen LogP contribution in [-0.2, 0) is 14.8 Å². The Hall–Kier alpha value is -2.58. The highest BCUT2D eigenvalue weighted by Crippen LogP contribution is 2.24. The standard InChI is InChI=1S/C18H23N3O4S/c1-3-25-16-8-6-14(7-9-16)21-26(23,24)17-12-15(5-4-13(17)2)20-18(22)10-11-19/h4-9,12,21H,3,10-11,19H2,1-2H3,(H,20,22). The zero-order chi connectivity index (χ0) is 19.2. The molecule has 0 bridgehead atoms. The normalized spacial score (nSPS) is 11.0. The molecule has 0 saturated heterocycles. The van der Waals surface area contributed by atoms with E-state index in [2.05, 4.69) is 10.0 Å². The number of rotatable bonds is 8. The number of ether oxygens (including phenoxy) is 1. The largest absolute Gasteiger partial charge is 0.494 e. The van der Waals surface area contributed by atoms with E-state index < -0.39 is 10.0 Å². The molecule has 0 radical (unpaired) electrons. The number of carbonyl (C=O) groups excluding carboxylic acids is 1. The number of hydrogen-bond donors (Lipinski definition) is 3. The minimum absolute atomic E-state index is 0.0944. The predicted octanol–water partition coefficient (Wildman–Crippen LogP) is 2.48. The molecule has 2 aromatic rings. The summed E-state index contributed by atoms with van der Waals surface area (Å²) in [4.78, 5) is 11.8. The topological polar surface area (TPSA) is 111 Å². The highest BCUT2D eigenvalue weighted by atomic mass is 32.2. The lowest BCUT2D eigenvalue weighted by Crippen LogP contribution is -2.18. The van der Waals surface area contributed by atoms with Crippen molar-refractivity contribution in [2.24, 2.45) is 5.73 Å². The minimum atomic E-state index is -3.81. The van der Waals surface area contributed by atoms with E-state index in [0.717, 1.165) is 0 Å². The fraction of sp³-hybridized carbons (Fsp3) is 0.278. The van der Waals surface area contributed by atoms with E-state index in [1.807, 2.05) is 6.92 Å². The first-order chi connectivity index (χ1) is 12.4. The lowest BCUT2D eigenvalue weighted by atomic mass is 10.2. The van der Waals surface area contributed by atoms with Crippen molar-refractivity contribution in [2.75, 3.05) is 23.2 Å². The van der Waals surface area contributed by atoms with Gasteiger partial charge >= 0.3 is 0 Å². The van der Waals surface area contributed by atoms with Gasteiger partial charge in [0.25, 0.3) is 10.0 Å². The molecule has 0 unspecified atom stereocenters. The predicted molar refractivity (Wildman–Crippen MR) is 102 cm³/mol. The molecule has 2 aromatic carbocycles. The Morgan fingerprint density at radius 2 is 1.77 bits per heavy atom. The van der Waals surface area contributed by atoms with Crippen LogP contribution in [0.25, 0.3) is 0 Å². The van der Waals surface area contributed by atoms with Crippen molar-refractivity contribution in [1.29, 1.82) is 0 Å². The Bertz CT molecular complexity index is 865. The third-order valence-electron chi connectivity index (χ3n) is 3.55. The summed E-state index contributed by atoms with van der Waals surface area (Å²) < 4.78 is 33.3. The number of nitrogens with two attached hydrogens (primary N) is 1. The van der Waals surface area contributed by atoms with Gasteiger partial charge in [0, 0.05) is 24.3 Å². The molecule has 26 heavy (non-hydrogen) atoms. The second-order valence-corrected chi connectivity index (χ2v) is 7.28. The second kappa shape index (κ2) is 8.68. The van der Waals surface area contributed by atoms with Crippen molar-refractivity contribution in [3.8, 4) is 5.75 Å². The van der Waals surface area contributed by atoms with Gasteiger partial charge in [-0.2, -0.15) is 0 Å². The van der Waals surface area contributed by atoms with E-state index in [1.54, 1.807) is 43.3 Å². The molecular formula is C18H23N3O4S. The maximum absolute atomic E-state index is 12.7. The van der Waals surface area contributed by atoms with Crippen LogP contribution >= 0.6 is 0 Å². The summed E-state index contributed by atoms with van der Waals surface area (Å²) in [7, 11) is -3.81. The Labute approximate surface area is 153 Å². The molecule has 140 valence electrons. The number of sulfonamides is 1. The summed E-state index contributed by atoms with van der Waals surface area (Å²) in [6.45, 7) is 4.33. The average Bonchev–Trinajstić information content (AvgIpc) is 2.58. The Morgan fingerprint density at radius 3 is 2.38 bits per heavy atom. The van der Waals surface area contributed by atoms with Crippen LogP contribution in [0.15, 0.2) is 47.4 Å². The number of nitrogens with one attached hydrogen (secondary N) is 2. The molecule has 0 aromatic heterocycles. The van der Waals surface area contributed by atoms with Crippen molar-refractivity contribution in [1.82, 2.24) is 0 Å². The molecule has 7 nitrogen and oxygen atoms in total. The molecule has 1 amide bonds. The van der Waals surface area contributed by atoms with Gasteiger partial charge in [-0.25, -0.2) is 8.42 Å². The maximum Gasteiger partial charge on any atom is 0.262 e. The van der Waals surface area contributed by atoms with Crippen LogP contribution in [0.5, 0.6) is 5.75 Å². The van der Waals surface area contributed by atoms with E-state index in [-0.39, 0.29) is 23.8 Å². The Balaban J connectivity index is 2.23. The quantitative estimate of drug-likeness (QED) is 0.654. The first kappa shape index (κ1) is 19.7. The van der Waals surface area contributed by atoms with E-state index in [0.29, 0.717) is 29.3 Å². The third-order valence-corrected chi connectivity index (χ3v) is 5.07. The molecule has 0 saturated carbocycles. The van der Waals surface area contributed by atoms with Gasteiger partial charge in [0.05, 0.1) is 11.5 Å². The summed E-state index contributed by atoms with van der Waals surface area (Å²) in [6.07, 6.45) is 0.167. The van der Waals surface area contributed by atoms with E-state index in [9.17, 15) is 13.2 Å². The number of benzene rings is 2. The van der Waals surface area contributed by atoms with Crippen LogP contribution in [0, 0.1) is 6.92 Å². The molecule has 2 rings (SSSR count). The first-order valence-electron chi connectivity index (χ1n) is 8.22. The van der Waals surface area contributed by atoms with Crippen molar-refractivity contribution < 1.29 is 17.9 Å². The smallest absolute Gasteiger partial charge is 0.262 e. The molecule has 4 N–H and O–H groups in total. The van der Waals surface area contributed by atoms with Crippen LogP contribution in [0.2, 0.25) is 0 Å². The van der Waals surface area contributed by atoms with Crippen LogP contribution in [0.4, 0.5) is 11.4 Å². The lowest BCUT2D eigenvalue weighted by Gasteiger charge is -2.13. The van der Waals surface area contributed by atoms with Gasteiger partial charge in [-0.15, -0.1) is 0 Å². The van der Waals surface area contributed by atoms with Gasteiger partial charge in [-0.05, 0) is 55.8 Å². The van der Waals surface area contributed by atoms with Gasteiger partial charge < -0.3 is 15.8 Å². The van der Waals surface area contributed by atoms with E-state index >= 15 is 0 Å². The monoisotopic (exact) mass is 377 g/mol. The first-order valence-corrected chi connectivity index (χ1v) is 9.70. The second-order valence-electron chi connectivity index (χ2n) is 5.63. The lowest BCUT2D eigenvalue weighted by molar-refractivity contribution is -0.116. The van der Waals surface area contributed by atoms with Crippen molar-refractivity contribution in [2.45, 2.75) is 25.2 Å². The minimum Gasteiger partial charge on any atom is -0.494 e. The summed E-state index contributed by atoms with van der Waals surface area (Å²) >= 11 is 0. The van der Waals surface area contributed by atoms with Crippen molar-refractivity contribution in [3.05, 3.63) is 48.0 Å². The molecule has 0 heterocycles. The van der Waals surface area contributed by atoms with Gasteiger partial charge in [-0.1, -0.05) is 6.07 Å². The number of hydrogen-bond acceptors (Lipinski definition) is 5. The summed E-state index contributed by atoms with van der Waals surface area (Å²) in [6, 6.07) is 11.4. The molecule has 0 aliphatic heterocycles. The van der Waals surface area contributed by atoms with Crippen LogP contribution < -0.4 is 20.5 Å². The molecule has 8 heteroatoms. The fourth-order valence-corrected chi connectivity index (χ4v) is 3.65. The Morgan fingerprint density at radius 1 is 1.12 bits per heavy atom. The van der Waals surface area contributed by atoms with Crippen LogP contribution in [0.3, 0.4) is 0 Å². The number of amides is 1. The molecule has 0 fully saturated rings. The summed E-state index contributed by atoms with van der Waals surface area (Å²) in [5, 5.41) is 2.64. The fourth-order valence-electron chi connectivity index (χ4n) is 2.32. The Kier molecular flexibility index (Phi) is 6.59. The highest BCUT2D eigenvalue weighted by molar-refractivity contribution is 7.92. The number of anilines is 2. The maximum atomic E-state index is 12.7. The van der Waals surface area contributed by atoms with E-state index in [1.165, 1.54) is 6.07 Å². The molecule has 0 aliphatic carbocycles. The molecular weight excluding hydrogens is 354 g/mol. The average molecular weight is 377 g/mol. The zero-order valence-corrected chi connectivity index (χ0v) is 15.6. The van der Waals surface area contributed by atoms with Crippen molar-refractivity contribution in [3.63, 3.8) is 0 Å². The molecule has 0 aliphatic rings. The molecule has 0 spiro atoms. The zero-order valence-electron chi connectivity index (χ0n) is 14.8. The van der Waals surface area contributed by atoms with Crippen LogP contribution in [-0.4, -0.2) is 27.5 Å². The van der Waals surface area contributed by atoms with Gasteiger partial charge in [0.1, 0.15) is 5.75 Å². The van der Waals surface area contributed by atoms with Crippen molar-refractivity contribution >= 4 is 27.3 Å². The highest BCUT2D eigenvalue weighted by Gasteiger charge is 2.18. The third kappa shape index (κ3) is 5.21. The molecule has 0 atom stereocenters. The van der Waals surface area contributed by atoms with Crippen LogP contribution in [0.1, 0.15) is 18.9 Å². The summed E-state index contributed by atoms with van der Waals surface area (Å²) in [5.41, 5.74) is 6.74. The number of aryl methyl sites for hydroxylation is 1. The summed E-state index contributed by atoms with van der Waals surface area (Å²) in [5.74, 6) is 0.399.